The molecule has 2 fully saturated rings. The van der Waals surface area contributed by atoms with Gasteiger partial charge in [-0.15, -0.1) is 12.4 Å². The number of piperazine rings is 1. The summed E-state index contributed by atoms with van der Waals surface area (Å²) in [6, 6.07) is 4.84. The first-order chi connectivity index (χ1) is 10.1. The van der Waals surface area contributed by atoms with E-state index in [2.05, 4.69) is 26.1 Å². The maximum absolute atomic E-state index is 13.3. The average molecular weight is 393 g/mol. The van der Waals surface area contributed by atoms with Gasteiger partial charge in [0.15, 0.2) is 0 Å². The third-order valence-corrected chi connectivity index (χ3v) is 5.00. The van der Waals surface area contributed by atoms with Crippen LogP contribution in [0.15, 0.2) is 22.7 Å². The van der Waals surface area contributed by atoms with Crippen molar-refractivity contribution in [2.75, 3.05) is 39.3 Å². The van der Waals surface area contributed by atoms with Gasteiger partial charge in [0.2, 0.25) is 0 Å². The van der Waals surface area contributed by atoms with Gasteiger partial charge in [-0.2, -0.15) is 0 Å². The quantitative estimate of drug-likeness (QED) is 0.837. The third-order valence-electron chi connectivity index (χ3n) is 4.31. The molecule has 2 heterocycles. The molecule has 2 saturated heterocycles. The summed E-state index contributed by atoms with van der Waals surface area (Å²) in [5.74, 6) is -0.470. The molecule has 4 nitrogen and oxygen atoms in total. The Morgan fingerprint density at radius 3 is 2.64 bits per heavy atom. The van der Waals surface area contributed by atoms with Gasteiger partial charge in [0.1, 0.15) is 5.82 Å². The molecule has 3 rings (SSSR count). The molecule has 1 unspecified atom stereocenters. The molecule has 1 aromatic carbocycles. The molecule has 1 N–H and O–H groups in total. The molecular formula is C15H20BrClFN3O. The number of hydrogen-bond acceptors (Lipinski definition) is 3. The maximum Gasteiger partial charge on any atom is 0.255 e. The van der Waals surface area contributed by atoms with Crippen molar-refractivity contribution in [1.82, 2.24) is 15.1 Å². The minimum Gasteiger partial charge on any atom is -0.336 e. The smallest absolute Gasteiger partial charge is 0.255 e. The maximum atomic E-state index is 13.3. The molecule has 0 saturated carbocycles. The molecule has 0 spiro atoms. The Labute approximate surface area is 144 Å². The number of hydrogen-bond donors (Lipinski definition) is 1. The highest BCUT2D eigenvalue weighted by Crippen LogP contribution is 2.21. The van der Waals surface area contributed by atoms with Crippen LogP contribution in [0.5, 0.6) is 0 Å². The lowest BCUT2D eigenvalue weighted by atomic mass is 10.1. The van der Waals surface area contributed by atoms with E-state index < -0.39 is 0 Å². The van der Waals surface area contributed by atoms with Gasteiger partial charge < -0.3 is 10.2 Å². The van der Waals surface area contributed by atoms with Crippen molar-refractivity contribution in [2.45, 2.75) is 12.5 Å². The van der Waals surface area contributed by atoms with Gasteiger partial charge in [-0.3, -0.25) is 9.69 Å². The lowest BCUT2D eigenvalue weighted by Gasteiger charge is -2.37. The fourth-order valence-electron chi connectivity index (χ4n) is 3.07. The summed E-state index contributed by atoms with van der Waals surface area (Å²) in [5.41, 5.74) is 0.408. The highest BCUT2D eigenvalue weighted by atomic mass is 79.9. The minimum atomic E-state index is -0.378. The summed E-state index contributed by atoms with van der Waals surface area (Å²) in [6.07, 6.45) is 1.18. The Hall–Kier alpha value is -0.690. The average Bonchev–Trinajstić information content (AvgIpc) is 3.03. The summed E-state index contributed by atoms with van der Waals surface area (Å²) in [5, 5.41) is 3.37. The van der Waals surface area contributed by atoms with Gasteiger partial charge >= 0.3 is 0 Å². The van der Waals surface area contributed by atoms with E-state index in [9.17, 15) is 9.18 Å². The summed E-state index contributed by atoms with van der Waals surface area (Å²) in [4.78, 5) is 16.8. The first kappa shape index (κ1) is 17.7. The Morgan fingerprint density at radius 2 is 2.00 bits per heavy atom. The normalized spacial score (nSPS) is 22.5. The topological polar surface area (TPSA) is 35.6 Å². The van der Waals surface area contributed by atoms with E-state index in [1.807, 2.05) is 4.90 Å². The van der Waals surface area contributed by atoms with Gasteiger partial charge in [-0.25, -0.2) is 4.39 Å². The molecule has 22 heavy (non-hydrogen) atoms. The van der Waals surface area contributed by atoms with E-state index in [1.54, 1.807) is 6.07 Å². The van der Waals surface area contributed by atoms with Crippen LogP contribution in [0.3, 0.4) is 0 Å². The van der Waals surface area contributed by atoms with Crippen LogP contribution in [0.2, 0.25) is 0 Å². The largest absolute Gasteiger partial charge is 0.336 e. The van der Waals surface area contributed by atoms with Crippen LogP contribution in [-0.4, -0.2) is 61.0 Å². The number of halogens is 3. The van der Waals surface area contributed by atoms with Crippen molar-refractivity contribution in [3.05, 3.63) is 34.1 Å². The summed E-state index contributed by atoms with van der Waals surface area (Å²) < 4.78 is 14.0. The molecule has 0 aromatic heterocycles. The van der Waals surface area contributed by atoms with Crippen LogP contribution < -0.4 is 5.32 Å². The van der Waals surface area contributed by atoms with Crippen LogP contribution in [0, 0.1) is 5.82 Å². The van der Waals surface area contributed by atoms with Crippen molar-refractivity contribution in [2.24, 2.45) is 0 Å². The molecule has 2 aliphatic heterocycles. The van der Waals surface area contributed by atoms with Crippen LogP contribution in [0.1, 0.15) is 16.8 Å². The zero-order chi connectivity index (χ0) is 14.8. The zero-order valence-electron chi connectivity index (χ0n) is 12.2. The van der Waals surface area contributed by atoms with Gasteiger partial charge in [-0.05, 0) is 47.1 Å². The van der Waals surface area contributed by atoms with E-state index in [1.165, 1.54) is 18.6 Å². The molecule has 0 aliphatic carbocycles. The van der Waals surface area contributed by atoms with Crippen molar-refractivity contribution < 1.29 is 9.18 Å². The van der Waals surface area contributed by atoms with E-state index in [0.717, 1.165) is 26.2 Å². The number of carbonyl (C=O) groups excluding carboxylic acids is 1. The van der Waals surface area contributed by atoms with Crippen molar-refractivity contribution in [3.8, 4) is 0 Å². The second kappa shape index (κ2) is 7.73. The monoisotopic (exact) mass is 391 g/mol. The number of benzene rings is 1. The number of rotatable bonds is 2. The zero-order valence-corrected chi connectivity index (χ0v) is 14.6. The molecule has 7 heteroatoms. The summed E-state index contributed by atoms with van der Waals surface area (Å²) >= 11 is 3.33. The summed E-state index contributed by atoms with van der Waals surface area (Å²) in [6.45, 7) is 5.33. The fourth-order valence-corrected chi connectivity index (χ4v) is 3.49. The molecular weight excluding hydrogens is 373 g/mol. The first-order valence-corrected chi connectivity index (χ1v) is 8.13. The SMILES string of the molecule is Cl.O=C(c1cc(F)ccc1Br)N1CCN(C2CCNC2)CC1. The molecule has 0 radical (unpaired) electrons. The second-order valence-corrected chi connectivity index (χ2v) is 6.45. The number of amides is 1. The molecule has 2 aliphatic rings. The van der Waals surface area contributed by atoms with Crippen molar-refractivity contribution >= 4 is 34.2 Å². The minimum absolute atomic E-state index is 0. The molecule has 1 amide bonds. The Balaban J connectivity index is 0.00000176. The predicted molar refractivity (Wildman–Crippen MR) is 90.1 cm³/mol. The molecule has 1 aromatic rings. The van der Waals surface area contributed by atoms with Crippen molar-refractivity contribution in [3.63, 3.8) is 0 Å². The molecule has 122 valence electrons. The number of nitrogens with zero attached hydrogens (tertiary/aromatic N) is 2. The van der Waals surface area contributed by atoms with Gasteiger partial charge in [0.25, 0.3) is 5.91 Å². The fraction of sp³-hybridized carbons (Fsp3) is 0.533. The second-order valence-electron chi connectivity index (χ2n) is 5.60. The van der Waals surface area contributed by atoms with Crippen LogP contribution >= 0.6 is 28.3 Å². The van der Waals surface area contributed by atoms with Gasteiger partial charge in [0.05, 0.1) is 5.56 Å². The van der Waals surface area contributed by atoms with E-state index >= 15 is 0 Å². The molecule has 1 atom stereocenters. The number of carbonyl (C=O) groups is 1. The van der Waals surface area contributed by atoms with Gasteiger partial charge in [-0.1, -0.05) is 0 Å². The van der Waals surface area contributed by atoms with E-state index in [-0.39, 0.29) is 24.1 Å². The predicted octanol–water partition coefficient (Wildman–Crippen LogP) is 2.13. The Kier molecular flexibility index (Phi) is 6.20. The third kappa shape index (κ3) is 3.79. The van der Waals surface area contributed by atoms with E-state index in [0.29, 0.717) is 29.2 Å². The lowest BCUT2D eigenvalue weighted by Crippen LogP contribution is -2.52. The van der Waals surface area contributed by atoms with Gasteiger partial charge in [0, 0.05) is 43.2 Å². The van der Waals surface area contributed by atoms with E-state index in [4.69, 9.17) is 0 Å². The highest BCUT2D eigenvalue weighted by Gasteiger charge is 2.28. The Bertz CT molecular complexity index is 532. The first-order valence-electron chi connectivity index (χ1n) is 7.34. The molecule has 0 bridgehead atoms. The standard InChI is InChI=1S/C15H19BrFN3O.ClH/c16-14-2-1-11(17)9-13(14)15(21)20-7-5-19(6-8-20)12-3-4-18-10-12;/h1-2,9,12,18H,3-8,10H2;1H. The summed E-state index contributed by atoms with van der Waals surface area (Å²) in [7, 11) is 0. The Morgan fingerprint density at radius 1 is 1.27 bits per heavy atom. The van der Waals surface area contributed by atoms with Crippen LogP contribution in [0.25, 0.3) is 0 Å². The lowest BCUT2D eigenvalue weighted by molar-refractivity contribution is 0.0582. The van der Waals surface area contributed by atoms with Crippen LogP contribution in [-0.2, 0) is 0 Å². The van der Waals surface area contributed by atoms with Crippen LogP contribution in [0.4, 0.5) is 4.39 Å². The van der Waals surface area contributed by atoms with Crippen molar-refractivity contribution in [1.29, 1.82) is 0 Å². The number of nitrogens with one attached hydrogen (secondary N) is 1. The highest BCUT2D eigenvalue weighted by molar-refractivity contribution is 9.10.